The molecule has 2 aromatic rings. The SMILES string of the molecule is CCOc1nc(C)c(NC(=O)c2ccc(F)c(F)c2)c(C)n1. The molecule has 0 atom stereocenters. The number of ether oxygens (including phenoxy) is 1. The number of hydrogen-bond donors (Lipinski definition) is 1. The molecule has 0 fully saturated rings. The summed E-state index contributed by atoms with van der Waals surface area (Å²) in [5.74, 6) is -2.66. The standard InChI is InChI=1S/C15H15F2N3O2/c1-4-22-15-18-8(2)13(9(3)19-15)20-14(21)10-5-6-11(16)12(17)7-10/h5-7H,4H2,1-3H3,(H,20,21). The molecule has 1 heterocycles. The van der Waals surface area contributed by atoms with Gasteiger partial charge in [0.2, 0.25) is 0 Å². The molecular formula is C15H15F2N3O2. The summed E-state index contributed by atoms with van der Waals surface area (Å²) < 4.78 is 31.3. The molecule has 0 aliphatic carbocycles. The molecule has 0 spiro atoms. The van der Waals surface area contributed by atoms with E-state index in [0.29, 0.717) is 23.7 Å². The third-order valence-electron chi connectivity index (χ3n) is 2.94. The molecular weight excluding hydrogens is 292 g/mol. The molecule has 1 aromatic carbocycles. The molecule has 0 saturated carbocycles. The van der Waals surface area contributed by atoms with Crippen molar-refractivity contribution in [3.05, 3.63) is 46.8 Å². The van der Waals surface area contributed by atoms with Gasteiger partial charge in [-0.2, -0.15) is 9.97 Å². The molecule has 2 rings (SSSR count). The second-order valence-electron chi connectivity index (χ2n) is 4.57. The fourth-order valence-corrected chi connectivity index (χ4v) is 1.88. The summed E-state index contributed by atoms with van der Waals surface area (Å²) in [4.78, 5) is 20.3. The van der Waals surface area contributed by atoms with Gasteiger partial charge in [0.05, 0.1) is 23.7 Å². The lowest BCUT2D eigenvalue weighted by atomic mass is 10.2. The van der Waals surface area contributed by atoms with Crippen LogP contribution in [-0.4, -0.2) is 22.5 Å². The smallest absolute Gasteiger partial charge is 0.316 e. The molecule has 0 aliphatic rings. The van der Waals surface area contributed by atoms with Gasteiger partial charge in [0.1, 0.15) is 0 Å². The normalized spacial score (nSPS) is 10.4. The van der Waals surface area contributed by atoms with Gasteiger partial charge >= 0.3 is 6.01 Å². The van der Waals surface area contributed by atoms with Crippen LogP contribution in [0.1, 0.15) is 28.7 Å². The minimum atomic E-state index is -1.08. The Balaban J connectivity index is 2.26. The maximum atomic E-state index is 13.2. The number of aryl methyl sites for hydroxylation is 2. The summed E-state index contributed by atoms with van der Waals surface area (Å²) >= 11 is 0. The van der Waals surface area contributed by atoms with Crippen LogP contribution >= 0.6 is 0 Å². The van der Waals surface area contributed by atoms with E-state index in [0.717, 1.165) is 12.1 Å². The van der Waals surface area contributed by atoms with E-state index in [1.165, 1.54) is 6.07 Å². The van der Waals surface area contributed by atoms with Crippen LogP contribution in [0.2, 0.25) is 0 Å². The first-order chi connectivity index (χ1) is 10.4. The van der Waals surface area contributed by atoms with Crippen molar-refractivity contribution in [2.24, 2.45) is 0 Å². The number of rotatable bonds is 4. The predicted octanol–water partition coefficient (Wildman–Crippen LogP) is 3.02. The van der Waals surface area contributed by atoms with E-state index in [2.05, 4.69) is 15.3 Å². The number of nitrogens with zero attached hydrogens (tertiary/aromatic N) is 2. The molecule has 0 bridgehead atoms. The summed E-state index contributed by atoms with van der Waals surface area (Å²) in [6.07, 6.45) is 0. The van der Waals surface area contributed by atoms with Gasteiger partial charge in [-0.15, -0.1) is 0 Å². The average molecular weight is 307 g/mol. The van der Waals surface area contributed by atoms with Gasteiger partial charge in [-0.25, -0.2) is 8.78 Å². The first kappa shape index (κ1) is 15.8. The number of anilines is 1. The van der Waals surface area contributed by atoms with Crippen LogP contribution in [0, 0.1) is 25.5 Å². The Morgan fingerprint density at radius 2 is 1.82 bits per heavy atom. The van der Waals surface area contributed by atoms with E-state index >= 15 is 0 Å². The van der Waals surface area contributed by atoms with Gasteiger partial charge in [-0.05, 0) is 39.0 Å². The Hall–Kier alpha value is -2.57. The fraction of sp³-hybridized carbons (Fsp3) is 0.267. The second-order valence-corrected chi connectivity index (χ2v) is 4.57. The molecule has 0 saturated heterocycles. The van der Waals surface area contributed by atoms with E-state index in [-0.39, 0.29) is 11.6 Å². The van der Waals surface area contributed by atoms with Gasteiger partial charge in [-0.1, -0.05) is 0 Å². The van der Waals surface area contributed by atoms with Crippen molar-refractivity contribution in [2.45, 2.75) is 20.8 Å². The first-order valence-electron chi connectivity index (χ1n) is 6.66. The lowest BCUT2D eigenvalue weighted by Crippen LogP contribution is -2.16. The number of hydrogen-bond acceptors (Lipinski definition) is 4. The van der Waals surface area contributed by atoms with E-state index in [9.17, 15) is 13.6 Å². The lowest BCUT2D eigenvalue weighted by Gasteiger charge is -2.12. The molecule has 5 nitrogen and oxygen atoms in total. The van der Waals surface area contributed by atoms with Gasteiger partial charge in [0.15, 0.2) is 11.6 Å². The molecule has 0 radical (unpaired) electrons. The highest BCUT2D eigenvalue weighted by atomic mass is 19.2. The summed E-state index contributed by atoms with van der Waals surface area (Å²) in [7, 11) is 0. The molecule has 116 valence electrons. The molecule has 0 aliphatic heterocycles. The minimum Gasteiger partial charge on any atom is -0.464 e. The summed E-state index contributed by atoms with van der Waals surface area (Å²) in [6.45, 7) is 5.63. The van der Waals surface area contributed by atoms with Gasteiger partial charge in [0, 0.05) is 5.56 Å². The Bertz CT molecular complexity index is 697. The highest BCUT2D eigenvalue weighted by Gasteiger charge is 2.15. The highest BCUT2D eigenvalue weighted by molar-refractivity contribution is 6.04. The van der Waals surface area contributed by atoms with E-state index in [1.54, 1.807) is 13.8 Å². The number of aromatic nitrogens is 2. The zero-order valence-corrected chi connectivity index (χ0v) is 12.4. The van der Waals surface area contributed by atoms with Crippen LogP contribution in [0.5, 0.6) is 6.01 Å². The van der Waals surface area contributed by atoms with Gasteiger partial charge < -0.3 is 10.1 Å². The zero-order valence-electron chi connectivity index (χ0n) is 12.4. The van der Waals surface area contributed by atoms with Crippen LogP contribution in [-0.2, 0) is 0 Å². The molecule has 1 aromatic heterocycles. The Morgan fingerprint density at radius 3 is 2.36 bits per heavy atom. The van der Waals surface area contributed by atoms with Crippen molar-refractivity contribution in [1.82, 2.24) is 9.97 Å². The Labute approximate surface area is 126 Å². The van der Waals surface area contributed by atoms with Crippen molar-refractivity contribution in [3.8, 4) is 6.01 Å². The zero-order chi connectivity index (χ0) is 16.3. The van der Waals surface area contributed by atoms with Crippen molar-refractivity contribution < 1.29 is 18.3 Å². The largest absolute Gasteiger partial charge is 0.464 e. The monoisotopic (exact) mass is 307 g/mol. The van der Waals surface area contributed by atoms with Gasteiger partial charge in [0.25, 0.3) is 5.91 Å². The van der Waals surface area contributed by atoms with E-state index in [1.807, 2.05) is 6.92 Å². The number of carbonyl (C=O) groups is 1. The van der Waals surface area contributed by atoms with Crippen LogP contribution < -0.4 is 10.1 Å². The Kier molecular flexibility index (Phi) is 4.65. The van der Waals surface area contributed by atoms with Crippen molar-refractivity contribution in [1.29, 1.82) is 0 Å². The molecule has 0 unspecified atom stereocenters. The maximum Gasteiger partial charge on any atom is 0.316 e. The first-order valence-corrected chi connectivity index (χ1v) is 6.66. The van der Waals surface area contributed by atoms with Crippen molar-refractivity contribution in [3.63, 3.8) is 0 Å². The quantitative estimate of drug-likeness (QED) is 0.943. The van der Waals surface area contributed by atoms with Gasteiger partial charge in [-0.3, -0.25) is 4.79 Å². The van der Waals surface area contributed by atoms with Crippen LogP contribution in [0.4, 0.5) is 14.5 Å². The summed E-state index contributed by atoms with van der Waals surface area (Å²) in [5.41, 5.74) is 1.46. The number of halogens is 2. The van der Waals surface area contributed by atoms with E-state index in [4.69, 9.17) is 4.74 Å². The molecule has 1 N–H and O–H groups in total. The maximum absolute atomic E-state index is 13.2. The number of amides is 1. The third-order valence-corrected chi connectivity index (χ3v) is 2.94. The number of carbonyl (C=O) groups excluding carboxylic acids is 1. The fourth-order valence-electron chi connectivity index (χ4n) is 1.88. The number of benzene rings is 1. The highest BCUT2D eigenvalue weighted by Crippen LogP contribution is 2.20. The second kappa shape index (κ2) is 6.46. The van der Waals surface area contributed by atoms with Crippen molar-refractivity contribution >= 4 is 11.6 Å². The average Bonchev–Trinajstić information content (AvgIpc) is 2.46. The summed E-state index contributed by atoms with van der Waals surface area (Å²) in [6, 6.07) is 3.17. The predicted molar refractivity (Wildman–Crippen MR) is 77.0 cm³/mol. The van der Waals surface area contributed by atoms with Crippen LogP contribution in [0.3, 0.4) is 0 Å². The lowest BCUT2D eigenvalue weighted by molar-refractivity contribution is 0.102. The minimum absolute atomic E-state index is 0.00610. The topological polar surface area (TPSA) is 64.1 Å². The Morgan fingerprint density at radius 1 is 1.18 bits per heavy atom. The third kappa shape index (κ3) is 3.36. The number of nitrogens with one attached hydrogen (secondary N) is 1. The van der Waals surface area contributed by atoms with Crippen molar-refractivity contribution in [2.75, 3.05) is 11.9 Å². The molecule has 22 heavy (non-hydrogen) atoms. The van der Waals surface area contributed by atoms with Crippen LogP contribution in [0.25, 0.3) is 0 Å². The molecule has 7 heteroatoms. The van der Waals surface area contributed by atoms with E-state index < -0.39 is 17.5 Å². The van der Waals surface area contributed by atoms with Crippen LogP contribution in [0.15, 0.2) is 18.2 Å². The summed E-state index contributed by atoms with van der Waals surface area (Å²) in [5, 5.41) is 2.60. The molecule has 1 amide bonds.